The second-order valence-corrected chi connectivity index (χ2v) is 6.97. The first-order valence-electron chi connectivity index (χ1n) is 7.70. The quantitative estimate of drug-likeness (QED) is 0.705. The molecular weight excluding hydrogens is 356 g/mol. The Morgan fingerprint density at radius 1 is 1.24 bits per heavy atom. The highest BCUT2D eigenvalue weighted by molar-refractivity contribution is 7.09. The zero-order valence-corrected chi connectivity index (χ0v) is 15.4. The van der Waals surface area contributed by atoms with Gasteiger partial charge in [0.05, 0.1) is 23.4 Å². The van der Waals surface area contributed by atoms with Gasteiger partial charge in [0.1, 0.15) is 5.75 Å². The Balaban J connectivity index is 1.67. The molecule has 1 amide bonds. The van der Waals surface area contributed by atoms with Crippen LogP contribution >= 0.6 is 22.9 Å². The highest BCUT2D eigenvalue weighted by Crippen LogP contribution is 2.23. The van der Waals surface area contributed by atoms with Crippen LogP contribution in [0.4, 0.5) is 0 Å². The van der Waals surface area contributed by atoms with E-state index in [9.17, 15) is 4.79 Å². The smallest absolute Gasteiger partial charge is 0.255 e. The lowest BCUT2D eigenvalue weighted by Gasteiger charge is -2.10. The van der Waals surface area contributed by atoms with Crippen molar-refractivity contribution >= 4 is 28.8 Å². The maximum atomic E-state index is 12.4. The highest BCUT2D eigenvalue weighted by atomic mass is 35.5. The van der Waals surface area contributed by atoms with Crippen LogP contribution in [0, 0.1) is 6.92 Å². The van der Waals surface area contributed by atoms with E-state index in [1.807, 2.05) is 36.6 Å². The van der Waals surface area contributed by atoms with E-state index in [2.05, 4.69) is 10.3 Å². The number of benzene rings is 2. The highest BCUT2D eigenvalue weighted by Gasteiger charge is 2.12. The molecular formula is C19H17ClN2O2S. The van der Waals surface area contributed by atoms with Crippen LogP contribution < -0.4 is 10.1 Å². The first-order chi connectivity index (χ1) is 12.1. The van der Waals surface area contributed by atoms with Gasteiger partial charge in [-0.05, 0) is 30.7 Å². The summed E-state index contributed by atoms with van der Waals surface area (Å²) >= 11 is 7.60. The number of nitrogens with zero attached hydrogens (tertiary/aromatic N) is 1. The Bertz CT molecular complexity index is 891. The van der Waals surface area contributed by atoms with E-state index in [1.165, 1.54) is 7.11 Å². The summed E-state index contributed by atoms with van der Waals surface area (Å²) in [6, 6.07) is 13.0. The molecule has 0 aliphatic carbocycles. The van der Waals surface area contributed by atoms with Crippen LogP contribution in [0.15, 0.2) is 47.8 Å². The Morgan fingerprint density at radius 3 is 2.64 bits per heavy atom. The summed E-state index contributed by atoms with van der Waals surface area (Å²) in [5, 5.41) is 6.47. The van der Waals surface area contributed by atoms with Crippen molar-refractivity contribution in [3.05, 3.63) is 69.0 Å². The lowest BCUT2D eigenvalue weighted by Crippen LogP contribution is -2.23. The Labute approximate surface area is 155 Å². The lowest BCUT2D eigenvalue weighted by molar-refractivity contribution is 0.0948. The second kappa shape index (κ2) is 7.68. The number of thiazole rings is 1. The predicted octanol–water partition coefficient (Wildman–Crippen LogP) is 4.71. The van der Waals surface area contributed by atoms with Gasteiger partial charge in [0.15, 0.2) is 0 Å². The molecule has 25 heavy (non-hydrogen) atoms. The molecule has 1 aromatic heterocycles. The Morgan fingerprint density at radius 2 is 2.00 bits per heavy atom. The minimum atomic E-state index is -0.224. The number of hydrogen-bond donors (Lipinski definition) is 1. The van der Waals surface area contributed by atoms with Gasteiger partial charge >= 0.3 is 0 Å². The van der Waals surface area contributed by atoms with Crippen LogP contribution in [0.5, 0.6) is 5.75 Å². The minimum Gasteiger partial charge on any atom is -0.496 e. The summed E-state index contributed by atoms with van der Waals surface area (Å²) in [6.07, 6.45) is 0. The van der Waals surface area contributed by atoms with Gasteiger partial charge in [-0.1, -0.05) is 35.9 Å². The first kappa shape index (κ1) is 17.5. The van der Waals surface area contributed by atoms with Crippen molar-refractivity contribution in [2.45, 2.75) is 13.5 Å². The molecule has 128 valence electrons. The van der Waals surface area contributed by atoms with Crippen LogP contribution in [-0.2, 0) is 6.54 Å². The number of amides is 1. The van der Waals surface area contributed by atoms with Crippen LogP contribution in [0.2, 0.25) is 5.02 Å². The van der Waals surface area contributed by atoms with E-state index in [0.29, 0.717) is 22.9 Å². The number of carbonyl (C=O) groups is 1. The van der Waals surface area contributed by atoms with Crippen molar-refractivity contribution < 1.29 is 9.53 Å². The van der Waals surface area contributed by atoms with Crippen LogP contribution in [0.3, 0.4) is 0 Å². The van der Waals surface area contributed by atoms with Gasteiger partial charge < -0.3 is 10.1 Å². The summed E-state index contributed by atoms with van der Waals surface area (Å²) in [4.78, 5) is 16.9. The lowest BCUT2D eigenvalue weighted by atomic mass is 10.1. The summed E-state index contributed by atoms with van der Waals surface area (Å²) in [5.41, 5.74) is 3.47. The van der Waals surface area contributed by atoms with Crippen molar-refractivity contribution in [2.24, 2.45) is 0 Å². The molecule has 0 bridgehead atoms. The van der Waals surface area contributed by atoms with Crippen molar-refractivity contribution in [3.63, 3.8) is 0 Å². The van der Waals surface area contributed by atoms with Gasteiger partial charge in [-0.3, -0.25) is 4.79 Å². The fourth-order valence-corrected chi connectivity index (χ4v) is 3.22. The van der Waals surface area contributed by atoms with Crippen molar-refractivity contribution in [1.82, 2.24) is 10.3 Å². The molecule has 1 N–H and O–H groups in total. The normalized spacial score (nSPS) is 10.5. The third kappa shape index (κ3) is 4.18. The molecule has 4 nitrogen and oxygen atoms in total. The molecule has 0 saturated carbocycles. The maximum absolute atomic E-state index is 12.4. The average Bonchev–Trinajstić information content (AvgIpc) is 3.06. The molecule has 3 aromatic rings. The number of nitrogens with one attached hydrogen (secondary N) is 1. The van der Waals surface area contributed by atoms with Gasteiger partial charge in [0, 0.05) is 22.5 Å². The minimum absolute atomic E-state index is 0.224. The molecule has 0 fully saturated rings. The standard InChI is InChI=1S/C19H17ClN2O2S/c1-12-22-17(11-25-12)14-5-3-13(4-6-14)10-21-19(23)16-9-15(20)7-8-18(16)24-2/h3-9,11H,10H2,1-2H3,(H,21,23). The van der Waals surface area contributed by atoms with Gasteiger partial charge in [0.25, 0.3) is 5.91 Å². The number of methoxy groups -OCH3 is 1. The molecule has 0 radical (unpaired) electrons. The van der Waals surface area contributed by atoms with Gasteiger partial charge in [-0.25, -0.2) is 4.98 Å². The van der Waals surface area contributed by atoms with Crippen LogP contribution in [0.25, 0.3) is 11.3 Å². The number of rotatable bonds is 5. The van der Waals surface area contributed by atoms with Crippen LogP contribution in [-0.4, -0.2) is 18.0 Å². The monoisotopic (exact) mass is 372 g/mol. The summed E-state index contributed by atoms with van der Waals surface area (Å²) in [6.45, 7) is 2.41. The molecule has 1 heterocycles. The zero-order valence-electron chi connectivity index (χ0n) is 13.9. The number of hydrogen-bond acceptors (Lipinski definition) is 4. The molecule has 2 aromatic carbocycles. The first-order valence-corrected chi connectivity index (χ1v) is 8.96. The number of carbonyl (C=O) groups excluding carboxylic acids is 1. The Hall–Kier alpha value is -2.37. The van der Waals surface area contributed by atoms with Crippen molar-refractivity contribution in [1.29, 1.82) is 0 Å². The number of ether oxygens (including phenoxy) is 1. The Kier molecular flexibility index (Phi) is 5.36. The molecule has 0 unspecified atom stereocenters. The van der Waals surface area contributed by atoms with Gasteiger partial charge in [-0.15, -0.1) is 11.3 Å². The summed E-state index contributed by atoms with van der Waals surface area (Å²) < 4.78 is 5.21. The predicted molar refractivity (Wildman–Crippen MR) is 101 cm³/mol. The molecule has 6 heteroatoms. The molecule has 0 saturated heterocycles. The third-order valence-corrected chi connectivity index (χ3v) is 4.74. The molecule has 0 spiro atoms. The van der Waals surface area contributed by atoms with Gasteiger partial charge in [0.2, 0.25) is 0 Å². The molecule has 0 aliphatic heterocycles. The van der Waals surface area contributed by atoms with E-state index in [1.54, 1.807) is 29.5 Å². The fourth-order valence-electron chi connectivity index (χ4n) is 2.42. The van der Waals surface area contributed by atoms with Crippen molar-refractivity contribution in [3.8, 4) is 17.0 Å². The second-order valence-electron chi connectivity index (χ2n) is 5.48. The maximum Gasteiger partial charge on any atom is 0.255 e. The molecule has 0 atom stereocenters. The molecule has 3 rings (SSSR count). The zero-order chi connectivity index (χ0) is 17.8. The van der Waals surface area contributed by atoms with Gasteiger partial charge in [-0.2, -0.15) is 0 Å². The summed E-state index contributed by atoms with van der Waals surface area (Å²) in [5.74, 6) is 0.273. The van der Waals surface area contributed by atoms with E-state index in [0.717, 1.165) is 21.8 Å². The SMILES string of the molecule is COc1ccc(Cl)cc1C(=O)NCc1ccc(-c2csc(C)n2)cc1. The van der Waals surface area contributed by atoms with E-state index in [4.69, 9.17) is 16.3 Å². The van der Waals surface area contributed by atoms with E-state index >= 15 is 0 Å². The number of aryl methyl sites for hydroxylation is 1. The topological polar surface area (TPSA) is 51.2 Å². The number of aromatic nitrogens is 1. The van der Waals surface area contributed by atoms with Crippen LogP contribution in [0.1, 0.15) is 20.9 Å². The largest absolute Gasteiger partial charge is 0.496 e. The third-order valence-electron chi connectivity index (χ3n) is 3.73. The van der Waals surface area contributed by atoms with E-state index < -0.39 is 0 Å². The fraction of sp³-hybridized carbons (Fsp3) is 0.158. The van der Waals surface area contributed by atoms with E-state index in [-0.39, 0.29) is 5.91 Å². The average molecular weight is 373 g/mol. The van der Waals surface area contributed by atoms with Crippen molar-refractivity contribution in [2.75, 3.05) is 7.11 Å². The number of halogens is 1. The molecule has 0 aliphatic rings. The summed E-state index contributed by atoms with van der Waals surface area (Å²) in [7, 11) is 1.53.